The molecule has 4 aromatic carbocycles. The minimum absolute atomic E-state index is 0.200. The Morgan fingerprint density at radius 2 is 1.42 bits per heavy atom. The molecule has 0 atom stereocenters. The normalized spacial score (nSPS) is 12.7. The number of ether oxygens (including phenoxy) is 1. The lowest BCUT2D eigenvalue weighted by atomic mass is 10.1. The molecule has 4 aromatic rings. The van der Waals surface area contributed by atoms with Crippen molar-refractivity contribution in [2.45, 2.75) is 6.42 Å². The van der Waals surface area contributed by atoms with Crippen LogP contribution < -0.4 is 30.5 Å². The number of carbonyl (C=O) groups is 2. The molecule has 0 spiro atoms. The molecule has 0 unspecified atom stereocenters. The minimum atomic E-state index is -0.446. The predicted molar refractivity (Wildman–Crippen MR) is 170 cm³/mol. The summed E-state index contributed by atoms with van der Waals surface area (Å²) < 4.78 is 5.56. The van der Waals surface area contributed by atoms with Gasteiger partial charge >= 0.3 is 6.03 Å². The van der Waals surface area contributed by atoms with Crippen LogP contribution in [-0.4, -0.2) is 51.8 Å². The fourth-order valence-corrected chi connectivity index (χ4v) is 5.13. The number of carbonyl (C=O) groups excluding carboxylic acids is 2. The van der Waals surface area contributed by atoms with Gasteiger partial charge in [0.2, 0.25) is 0 Å². The average Bonchev–Trinajstić information content (AvgIpc) is 3.05. The van der Waals surface area contributed by atoms with Crippen LogP contribution in [-0.2, 0) is 6.42 Å². The van der Waals surface area contributed by atoms with Gasteiger partial charge in [-0.1, -0.05) is 42.5 Å². The molecular formula is C34H34N6O3. The fraction of sp³-hybridized carbons (Fsp3) is 0.206. The van der Waals surface area contributed by atoms with Crippen molar-refractivity contribution in [3.63, 3.8) is 0 Å². The standard InChI is InChI=1S/C34H34N6O3/c1-43-32-10-6-5-9-31(32)40-21-19-39(20-22-40)30-16-15-28(38-34(42)37-27-13-11-26(24-35)12-14-27)23-29(30)33(41)36-18-17-25-7-3-2-4-8-25/h2-16,23H,17-22H2,1H3,(H,36,41)(H2,37,38,42). The first-order valence-corrected chi connectivity index (χ1v) is 14.2. The van der Waals surface area contributed by atoms with Gasteiger partial charge in [0.1, 0.15) is 5.75 Å². The van der Waals surface area contributed by atoms with E-state index in [-0.39, 0.29) is 5.91 Å². The lowest BCUT2D eigenvalue weighted by Crippen LogP contribution is -2.47. The molecule has 9 heteroatoms. The number of nitriles is 1. The molecule has 9 nitrogen and oxygen atoms in total. The van der Waals surface area contributed by atoms with Gasteiger partial charge in [-0.3, -0.25) is 4.79 Å². The van der Waals surface area contributed by atoms with Crippen LogP contribution in [0.25, 0.3) is 0 Å². The van der Waals surface area contributed by atoms with Crippen LogP contribution in [0.3, 0.4) is 0 Å². The van der Waals surface area contributed by atoms with Crippen LogP contribution in [0, 0.1) is 11.3 Å². The molecule has 5 rings (SSSR count). The first kappa shape index (κ1) is 29.0. The predicted octanol–water partition coefficient (Wildman–Crippen LogP) is 5.51. The Labute approximate surface area is 251 Å². The second kappa shape index (κ2) is 13.9. The number of urea groups is 1. The number of hydrogen-bond acceptors (Lipinski definition) is 6. The summed E-state index contributed by atoms with van der Waals surface area (Å²) in [6.07, 6.45) is 0.713. The molecule has 1 saturated heterocycles. The number of rotatable bonds is 9. The van der Waals surface area contributed by atoms with Gasteiger partial charge in [-0.15, -0.1) is 0 Å². The third kappa shape index (κ3) is 7.43. The number of benzene rings is 4. The van der Waals surface area contributed by atoms with Crippen molar-refractivity contribution in [3.05, 3.63) is 114 Å². The molecular weight excluding hydrogens is 540 g/mol. The number of amides is 3. The number of piperazine rings is 1. The Morgan fingerprint density at radius 3 is 2.12 bits per heavy atom. The quantitative estimate of drug-likeness (QED) is 0.243. The number of methoxy groups -OCH3 is 1. The van der Waals surface area contributed by atoms with Crippen LogP contribution in [0.15, 0.2) is 97.1 Å². The van der Waals surface area contributed by atoms with Crippen LogP contribution in [0.2, 0.25) is 0 Å². The highest BCUT2D eigenvalue weighted by Gasteiger charge is 2.24. The van der Waals surface area contributed by atoms with Crippen molar-refractivity contribution in [3.8, 4) is 11.8 Å². The van der Waals surface area contributed by atoms with E-state index in [0.717, 1.165) is 35.8 Å². The van der Waals surface area contributed by atoms with Gasteiger partial charge in [-0.05, 0) is 66.6 Å². The largest absolute Gasteiger partial charge is 0.495 e. The van der Waals surface area contributed by atoms with E-state index in [1.54, 1.807) is 43.5 Å². The van der Waals surface area contributed by atoms with Crippen molar-refractivity contribution < 1.29 is 14.3 Å². The van der Waals surface area contributed by atoms with E-state index in [9.17, 15) is 9.59 Å². The number of nitrogens with one attached hydrogen (secondary N) is 3. The van der Waals surface area contributed by atoms with Crippen LogP contribution in [0.4, 0.5) is 27.5 Å². The smallest absolute Gasteiger partial charge is 0.323 e. The SMILES string of the molecule is COc1ccccc1N1CCN(c2ccc(NC(=O)Nc3ccc(C#N)cc3)cc2C(=O)NCCc2ccccc2)CC1. The number of anilines is 4. The zero-order valence-corrected chi connectivity index (χ0v) is 24.0. The molecule has 1 fully saturated rings. The van der Waals surface area contributed by atoms with Gasteiger partial charge in [0, 0.05) is 49.8 Å². The Bertz CT molecular complexity index is 1590. The molecule has 1 heterocycles. The summed E-state index contributed by atoms with van der Waals surface area (Å²) in [4.78, 5) is 30.8. The summed E-state index contributed by atoms with van der Waals surface area (Å²) in [5.74, 6) is 0.637. The van der Waals surface area contributed by atoms with E-state index in [2.05, 4.69) is 37.9 Å². The summed E-state index contributed by atoms with van der Waals surface area (Å²) in [5.41, 5.74) is 5.07. The molecule has 3 amide bonds. The second-order valence-corrected chi connectivity index (χ2v) is 10.1. The van der Waals surface area contributed by atoms with Crippen molar-refractivity contribution in [1.82, 2.24) is 5.32 Å². The molecule has 1 aliphatic heterocycles. The van der Waals surface area contributed by atoms with Crippen molar-refractivity contribution >= 4 is 34.7 Å². The van der Waals surface area contributed by atoms with Gasteiger partial charge in [-0.25, -0.2) is 4.79 Å². The lowest BCUT2D eigenvalue weighted by molar-refractivity contribution is 0.0954. The highest BCUT2D eigenvalue weighted by Crippen LogP contribution is 2.31. The van der Waals surface area contributed by atoms with Gasteiger partial charge in [0.25, 0.3) is 5.91 Å². The first-order chi connectivity index (χ1) is 21.0. The van der Waals surface area contributed by atoms with E-state index in [1.165, 1.54) is 0 Å². The Balaban J connectivity index is 1.31. The maximum absolute atomic E-state index is 13.5. The maximum atomic E-state index is 13.5. The molecule has 0 radical (unpaired) electrons. The molecule has 0 saturated carbocycles. The fourth-order valence-electron chi connectivity index (χ4n) is 5.13. The molecule has 43 heavy (non-hydrogen) atoms. The zero-order chi connectivity index (χ0) is 30.0. The van der Waals surface area contributed by atoms with Crippen molar-refractivity contribution in [2.24, 2.45) is 0 Å². The summed E-state index contributed by atoms with van der Waals surface area (Å²) in [5, 5.41) is 17.7. The minimum Gasteiger partial charge on any atom is -0.495 e. The molecule has 3 N–H and O–H groups in total. The number of nitrogens with zero attached hydrogens (tertiary/aromatic N) is 3. The highest BCUT2D eigenvalue weighted by molar-refractivity contribution is 6.04. The highest BCUT2D eigenvalue weighted by atomic mass is 16.5. The van der Waals surface area contributed by atoms with E-state index >= 15 is 0 Å². The van der Waals surface area contributed by atoms with Crippen LogP contribution >= 0.6 is 0 Å². The molecule has 218 valence electrons. The topological polar surface area (TPSA) is 110 Å². The van der Waals surface area contributed by atoms with Crippen LogP contribution in [0.5, 0.6) is 5.75 Å². The monoisotopic (exact) mass is 574 g/mol. The zero-order valence-electron chi connectivity index (χ0n) is 24.0. The lowest BCUT2D eigenvalue weighted by Gasteiger charge is -2.38. The van der Waals surface area contributed by atoms with E-state index in [0.29, 0.717) is 48.6 Å². The van der Waals surface area contributed by atoms with Gasteiger partial charge in [0.05, 0.1) is 30.0 Å². The van der Waals surface area contributed by atoms with E-state index in [4.69, 9.17) is 10.00 Å². The van der Waals surface area contributed by atoms with Gasteiger partial charge in [-0.2, -0.15) is 5.26 Å². The van der Waals surface area contributed by atoms with E-state index < -0.39 is 6.03 Å². The Kier molecular flexibility index (Phi) is 9.39. The van der Waals surface area contributed by atoms with Gasteiger partial charge in [0.15, 0.2) is 0 Å². The Morgan fingerprint density at radius 1 is 0.791 bits per heavy atom. The molecule has 0 aromatic heterocycles. The first-order valence-electron chi connectivity index (χ1n) is 14.2. The summed E-state index contributed by atoms with van der Waals surface area (Å²) >= 11 is 0. The van der Waals surface area contributed by atoms with Crippen LogP contribution in [0.1, 0.15) is 21.5 Å². The molecule has 0 bridgehead atoms. The van der Waals surface area contributed by atoms with Crippen molar-refractivity contribution in [2.75, 3.05) is 60.3 Å². The van der Waals surface area contributed by atoms with Crippen molar-refractivity contribution in [1.29, 1.82) is 5.26 Å². The number of para-hydroxylation sites is 2. The second-order valence-electron chi connectivity index (χ2n) is 10.1. The van der Waals surface area contributed by atoms with E-state index in [1.807, 2.05) is 54.6 Å². The summed E-state index contributed by atoms with van der Waals surface area (Å²) in [6, 6.07) is 31.6. The third-order valence-corrected chi connectivity index (χ3v) is 7.36. The van der Waals surface area contributed by atoms with Gasteiger partial charge < -0.3 is 30.5 Å². The Hall–Kier alpha value is -5.49. The third-order valence-electron chi connectivity index (χ3n) is 7.36. The maximum Gasteiger partial charge on any atom is 0.323 e. The molecule has 1 aliphatic rings. The average molecular weight is 575 g/mol. The summed E-state index contributed by atoms with van der Waals surface area (Å²) in [6.45, 7) is 3.45. The molecule has 0 aliphatic carbocycles. The number of hydrogen-bond donors (Lipinski definition) is 3. The summed E-state index contributed by atoms with van der Waals surface area (Å²) in [7, 11) is 1.68.